The van der Waals surface area contributed by atoms with Crippen LogP contribution in [0.5, 0.6) is 0 Å². The van der Waals surface area contributed by atoms with Crippen LogP contribution in [0.3, 0.4) is 0 Å². The van der Waals surface area contributed by atoms with Crippen molar-refractivity contribution < 1.29 is 8.98 Å². The molecule has 1 fully saturated rings. The number of piperidine rings is 1. The fourth-order valence-corrected chi connectivity index (χ4v) is 3.28. The predicted molar refractivity (Wildman–Crippen MR) is 95.8 cm³/mol. The third-order valence-corrected chi connectivity index (χ3v) is 4.69. The fourth-order valence-electron chi connectivity index (χ4n) is 2.64. The van der Waals surface area contributed by atoms with Gasteiger partial charge in [-0.2, -0.15) is 0 Å². The predicted octanol–water partition coefficient (Wildman–Crippen LogP) is 3.73. The number of nitrogens with one attached hydrogen (secondary N) is 1. The van der Waals surface area contributed by atoms with Crippen molar-refractivity contribution in [1.29, 1.82) is 0 Å². The maximum atomic E-state index is 12.1. The Morgan fingerprint density at radius 1 is 1.22 bits per heavy atom. The standard InChI is InChI=1S/C18H28N2O2S/c1-2-15-22-23-17-9-7-16(8-10-17)18(21)19-11-6-14-20-12-4-3-5-13-20/h7-10H,2-6,11-15H2,1H3,(H,19,21). The molecule has 1 aliphatic rings. The van der Waals surface area contributed by atoms with Crippen LogP contribution in [0.15, 0.2) is 29.2 Å². The first-order valence-electron chi connectivity index (χ1n) is 8.69. The second-order valence-electron chi connectivity index (χ2n) is 5.94. The van der Waals surface area contributed by atoms with E-state index < -0.39 is 0 Å². The van der Waals surface area contributed by atoms with Crippen LogP contribution in [-0.2, 0) is 4.18 Å². The molecule has 5 heteroatoms. The molecule has 1 amide bonds. The summed E-state index contributed by atoms with van der Waals surface area (Å²) in [6.45, 7) is 7.08. The van der Waals surface area contributed by atoms with Gasteiger partial charge in [0.25, 0.3) is 5.91 Å². The summed E-state index contributed by atoms with van der Waals surface area (Å²) in [5.41, 5.74) is 0.711. The molecule has 1 aromatic carbocycles. The zero-order valence-corrected chi connectivity index (χ0v) is 14.9. The third-order valence-electron chi connectivity index (χ3n) is 3.94. The lowest BCUT2D eigenvalue weighted by molar-refractivity contribution is 0.0951. The first kappa shape index (κ1) is 18.3. The summed E-state index contributed by atoms with van der Waals surface area (Å²) in [6, 6.07) is 7.58. The van der Waals surface area contributed by atoms with Crippen molar-refractivity contribution in [2.75, 3.05) is 32.8 Å². The van der Waals surface area contributed by atoms with Crippen molar-refractivity contribution in [2.45, 2.75) is 43.9 Å². The summed E-state index contributed by atoms with van der Waals surface area (Å²) in [7, 11) is 0. The highest BCUT2D eigenvalue weighted by molar-refractivity contribution is 7.94. The molecule has 0 unspecified atom stereocenters. The van der Waals surface area contributed by atoms with Crippen LogP contribution in [0.1, 0.15) is 49.4 Å². The molecule has 1 heterocycles. The molecule has 0 saturated carbocycles. The van der Waals surface area contributed by atoms with Gasteiger partial charge in [-0.1, -0.05) is 13.3 Å². The summed E-state index contributed by atoms with van der Waals surface area (Å²) in [5, 5.41) is 3.01. The van der Waals surface area contributed by atoms with Gasteiger partial charge in [0.1, 0.15) is 0 Å². The minimum absolute atomic E-state index is 0.00895. The molecule has 128 valence electrons. The monoisotopic (exact) mass is 336 g/mol. The molecular weight excluding hydrogens is 308 g/mol. The second-order valence-corrected chi connectivity index (χ2v) is 6.82. The number of nitrogens with zero attached hydrogens (tertiary/aromatic N) is 1. The van der Waals surface area contributed by atoms with Gasteiger partial charge in [0.15, 0.2) is 0 Å². The molecule has 0 atom stereocenters. The summed E-state index contributed by atoms with van der Waals surface area (Å²) in [6.07, 6.45) is 6.03. The average Bonchev–Trinajstić information content (AvgIpc) is 2.60. The number of likely N-dealkylation sites (tertiary alicyclic amines) is 1. The van der Waals surface area contributed by atoms with Gasteiger partial charge in [-0.15, -0.1) is 0 Å². The van der Waals surface area contributed by atoms with Crippen molar-refractivity contribution in [1.82, 2.24) is 10.2 Å². The van der Waals surface area contributed by atoms with E-state index in [1.807, 2.05) is 24.3 Å². The van der Waals surface area contributed by atoms with Gasteiger partial charge in [0.2, 0.25) is 0 Å². The number of amides is 1. The molecule has 4 nitrogen and oxygen atoms in total. The molecule has 1 saturated heterocycles. The van der Waals surface area contributed by atoms with Crippen LogP contribution in [0.25, 0.3) is 0 Å². The summed E-state index contributed by atoms with van der Waals surface area (Å²) >= 11 is 1.37. The highest BCUT2D eigenvalue weighted by Gasteiger charge is 2.10. The van der Waals surface area contributed by atoms with Gasteiger partial charge in [-0.05, 0) is 69.6 Å². The first-order chi connectivity index (χ1) is 11.3. The highest BCUT2D eigenvalue weighted by atomic mass is 32.2. The maximum Gasteiger partial charge on any atom is 0.251 e. The van der Waals surface area contributed by atoms with Crippen LogP contribution in [0.2, 0.25) is 0 Å². The number of hydrogen-bond donors (Lipinski definition) is 1. The van der Waals surface area contributed by atoms with Crippen LogP contribution >= 0.6 is 12.0 Å². The smallest absolute Gasteiger partial charge is 0.251 e. The first-order valence-corrected chi connectivity index (χ1v) is 9.44. The van der Waals surface area contributed by atoms with Crippen LogP contribution in [-0.4, -0.2) is 43.6 Å². The Morgan fingerprint density at radius 2 is 1.96 bits per heavy atom. The molecule has 0 aliphatic carbocycles. The van der Waals surface area contributed by atoms with Gasteiger partial charge in [0.05, 0.1) is 6.61 Å². The second kappa shape index (κ2) is 10.7. The number of rotatable bonds is 9. The summed E-state index contributed by atoms with van der Waals surface area (Å²) in [4.78, 5) is 15.6. The molecule has 0 bridgehead atoms. The van der Waals surface area contributed by atoms with E-state index in [1.165, 1.54) is 44.4 Å². The molecule has 2 rings (SSSR count). The lowest BCUT2D eigenvalue weighted by Gasteiger charge is -2.26. The summed E-state index contributed by atoms with van der Waals surface area (Å²) < 4.78 is 5.42. The highest BCUT2D eigenvalue weighted by Crippen LogP contribution is 2.19. The normalized spacial score (nSPS) is 15.5. The summed E-state index contributed by atoms with van der Waals surface area (Å²) in [5.74, 6) is 0.00895. The Balaban J connectivity index is 1.64. The van der Waals surface area contributed by atoms with Gasteiger partial charge in [0, 0.05) is 29.0 Å². The van der Waals surface area contributed by atoms with Crippen LogP contribution < -0.4 is 5.32 Å². The van der Waals surface area contributed by atoms with E-state index >= 15 is 0 Å². The maximum absolute atomic E-state index is 12.1. The minimum atomic E-state index is 0.00895. The van der Waals surface area contributed by atoms with Crippen molar-refractivity contribution in [3.05, 3.63) is 29.8 Å². The van der Waals surface area contributed by atoms with Crippen molar-refractivity contribution in [2.24, 2.45) is 0 Å². The van der Waals surface area contributed by atoms with E-state index in [1.54, 1.807) is 0 Å². The van der Waals surface area contributed by atoms with Gasteiger partial charge >= 0.3 is 0 Å². The molecule has 0 radical (unpaired) electrons. The van der Waals surface area contributed by atoms with E-state index in [2.05, 4.69) is 17.1 Å². The van der Waals surface area contributed by atoms with E-state index in [9.17, 15) is 4.79 Å². The van der Waals surface area contributed by atoms with Crippen molar-refractivity contribution >= 4 is 17.9 Å². The topological polar surface area (TPSA) is 41.6 Å². The molecule has 0 aromatic heterocycles. The van der Waals surface area contributed by atoms with Crippen LogP contribution in [0.4, 0.5) is 0 Å². The molecule has 1 aliphatic heterocycles. The molecular formula is C18H28N2O2S. The Morgan fingerprint density at radius 3 is 2.65 bits per heavy atom. The number of benzene rings is 1. The van der Waals surface area contributed by atoms with E-state index in [-0.39, 0.29) is 5.91 Å². The lowest BCUT2D eigenvalue weighted by Crippen LogP contribution is -2.33. The van der Waals surface area contributed by atoms with Crippen molar-refractivity contribution in [3.63, 3.8) is 0 Å². The van der Waals surface area contributed by atoms with E-state index in [4.69, 9.17) is 4.18 Å². The molecule has 0 spiro atoms. The lowest BCUT2D eigenvalue weighted by atomic mass is 10.1. The molecule has 1 N–H and O–H groups in total. The largest absolute Gasteiger partial charge is 0.352 e. The number of carbonyl (C=O) groups is 1. The molecule has 23 heavy (non-hydrogen) atoms. The van der Waals surface area contributed by atoms with Gasteiger partial charge in [-0.25, -0.2) is 0 Å². The average molecular weight is 337 g/mol. The third kappa shape index (κ3) is 6.94. The minimum Gasteiger partial charge on any atom is -0.352 e. The molecule has 1 aromatic rings. The van der Waals surface area contributed by atoms with Gasteiger partial charge < -0.3 is 14.4 Å². The van der Waals surface area contributed by atoms with Crippen LogP contribution in [0, 0.1) is 0 Å². The van der Waals surface area contributed by atoms with Gasteiger partial charge in [-0.3, -0.25) is 4.79 Å². The Labute approximate surface area is 144 Å². The quantitative estimate of drug-likeness (QED) is 0.551. The number of carbonyl (C=O) groups excluding carboxylic acids is 1. The Hall–Kier alpha value is -1.04. The zero-order valence-electron chi connectivity index (χ0n) is 14.1. The van der Waals surface area contributed by atoms with E-state index in [0.717, 1.165) is 37.4 Å². The fraction of sp³-hybridized carbons (Fsp3) is 0.611. The zero-order chi connectivity index (χ0) is 16.3. The van der Waals surface area contributed by atoms with Crippen molar-refractivity contribution in [3.8, 4) is 0 Å². The Bertz CT molecular complexity index is 459. The Kier molecular flexibility index (Phi) is 8.50. The van der Waals surface area contributed by atoms with E-state index in [0.29, 0.717) is 5.56 Å². The SMILES string of the molecule is CCCOSc1ccc(C(=O)NCCCN2CCCCC2)cc1. The number of hydrogen-bond acceptors (Lipinski definition) is 4.